The summed E-state index contributed by atoms with van der Waals surface area (Å²) < 4.78 is 10.8. The van der Waals surface area contributed by atoms with Gasteiger partial charge < -0.3 is 20.1 Å². The minimum Gasteiger partial charge on any atom is -0.493 e. The van der Waals surface area contributed by atoms with Crippen molar-refractivity contribution in [1.29, 1.82) is 0 Å². The summed E-state index contributed by atoms with van der Waals surface area (Å²) in [5, 5.41) is 6.37. The van der Waals surface area contributed by atoms with Crippen molar-refractivity contribution in [2.45, 2.75) is 19.3 Å². The number of methoxy groups -OCH3 is 1. The highest BCUT2D eigenvalue weighted by atomic mass is 16.5. The second kappa shape index (κ2) is 9.20. The van der Waals surface area contributed by atoms with Crippen LogP contribution in [0.25, 0.3) is 0 Å². The van der Waals surface area contributed by atoms with Gasteiger partial charge >= 0.3 is 0 Å². The van der Waals surface area contributed by atoms with E-state index in [0.717, 1.165) is 19.5 Å². The van der Waals surface area contributed by atoms with Gasteiger partial charge in [-0.05, 0) is 56.5 Å². The first kappa shape index (κ1) is 17.3. The Bertz CT molecular complexity index is 525. The van der Waals surface area contributed by atoms with Gasteiger partial charge in [0.1, 0.15) is 6.61 Å². The first-order chi connectivity index (χ1) is 11.2. The molecule has 0 saturated carbocycles. The zero-order valence-electron chi connectivity index (χ0n) is 13.8. The van der Waals surface area contributed by atoms with Gasteiger partial charge in [-0.3, -0.25) is 4.79 Å². The Morgan fingerprint density at radius 3 is 3.04 bits per heavy atom. The van der Waals surface area contributed by atoms with E-state index in [2.05, 4.69) is 17.2 Å². The van der Waals surface area contributed by atoms with Crippen LogP contribution in [0.1, 0.15) is 29.6 Å². The van der Waals surface area contributed by atoms with Crippen molar-refractivity contribution in [3.8, 4) is 11.5 Å². The molecule has 126 valence electrons. The molecule has 1 atom stereocenters. The Morgan fingerprint density at radius 1 is 1.48 bits per heavy atom. The summed E-state index contributed by atoms with van der Waals surface area (Å²) >= 11 is 0. The molecule has 1 amide bonds. The van der Waals surface area contributed by atoms with Crippen molar-refractivity contribution in [3.63, 3.8) is 0 Å². The van der Waals surface area contributed by atoms with E-state index >= 15 is 0 Å². The van der Waals surface area contributed by atoms with Gasteiger partial charge in [-0.2, -0.15) is 0 Å². The van der Waals surface area contributed by atoms with Crippen LogP contribution >= 0.6 is 0 Å². The molecule has 1 fully saturated rings. The normalized spacial score (nSPS) is 17.3. The number of carbonyl (C=O) groups excluding carboxylic acids is 1. The lowest BCUT2D eigenvalue weighted by molar-refractivity contribution is 0.0950. The summed E-state index contributed by atoms with van der Waals surface area (Å²) in [5.41, 5.74) is 0.578. The number of nitrogens with one attached hydrogen (secondary N) is 2. The lowest BCUT2D eigenvalue weighted by atomic mass is 9.96. The number of benzene rings is 1. The van der Waals surface area contributed by atoms with Gasteiger partial charge in [0.05, 0.1) is 7.11 Å². The molecule has 1 aliphatic rings. The topological polar surface area (TPSA) is 59.6 Å². The van der Waals surface area contributed by atoms with E-state index in [0.29, 0.717) is 36.1 Å². The first-order valence-corrected chi connectivity index (χ1v) is 8.15. The van der Waals surface area contributed by atoms with Crippen molar-refractivity contribution < 1.29 is 14.3 Å². The molecule has 1 saturated heterocycles. The Balaban J connectivity index is 1.86. The highest BCUT2D eigenvalue weighted by Crippen LogP contribution is 2.28. The molecule has 1 aliphatic heterocycles. The number of hydrogen-bond donors (Lipinski definition) is 2. The summed E-state index contributed by atoms with van der Waals surface area (Å²) in [5.74, 6) is 1.74. The van der Waals surface area contributed by atoms with E-state index in [4.69, 9.17) is 9.47 Å². The van der Waals surface area contributed by atoms with Crippen molar-refractivity contribution >= 4 is 5.91 Å². The molecule has 0 aromatic heterocycles. The molecule has 1 aromatic rings. The number of hydrogen-bond acceptors (Lipinski definition) is 4. The molecule has 1 unspecified atom stereocenters. The van der Waals surface area contributed by atoms with E-state index in [1.807, 2.05) is 0 Å². The number of ether oxygens (including phenoxy) is 2. The van der Waals surface area contributed by atoms with Gasteiger partial charge in [0.25, 0.3) is 5.91 Å². The number of amides is 1. The summed E-state index contributed by atoms with van der Waals surface area (Å²) in [7, 11) is 1.56. The Morgan fingerprint density at radius 2 is 2.35 bits per heavy atom. The fourth-order valence-corrected chi connectivity index (χ4v) is 2.74. The lowest BCUT2D eigenvalue weighted by Gasteiger charge is -2.22. The zero-order valence-corrected chi connectivity index (χ0v) is 13.8. The zero-order chi connectivity index (χ0) is 16.5. The minimum absolute atomic E-state index is 0.0812. The fourth-order valence-electron chi connectivity index (χ4n) is 2.74. The van der Waals surface area contributed by atoms with Crippen molar-refractivity contribution in [2.24, 2.45) is 5.92 Å². The van der Waals surface area contributed by atoms with Crippen molar-refractivity contribution in [1.82, 2.24) is 10.6 Å². The maximum atomic E-state index is 12.2. The van der Waals surface area contributed by atoms with Crippen LogP contribution in [0.4, 0.5) is 0 Å². The van der Waals surface area contributed by atoms with Crippen LogP contribution in [-0.2, 0) is 0 Å². The average molecular weight is 318 g/mol. The molecule has 0 bridgehead atoms. The highest BCUT2D eigenvalue weighted by Gasteiger charge is 2.14. The first-order valence-electron chi connectivity index (χ1n) is 8.15. The van der Waals surface area contributed by atoms with Crippen molar-refractivity contribution in [2.75, 3.05) is 33.4 Å². The highest BCUT2D eigenvalue weighted by molar-refractivity contribution is 5.94. The van der Waals surface area contributed by atoms with E-state index in [9.17, 15) is 4.79 Å². The number of rotatable bonds is 8. The second-order valence-corrected chi connectivity index (χ2v) is 5.72. The molecular weight excluding hydrogens is 292 g/mol. The monoisotopic (exact) mass is 318 g/mol. The van der Waals surface area contributed by atoms with Crippen LogP contribution < -0.4 is 20.1 Å². The van der Waals surface area contributed by atoms with Crippen LogP contribution in [0.3, 0.4) is 0 Å². The molecule has 0 spiro atoms. The maximum absolute atomic E-state index is 12.2. The van der Waals surface area contributed by atoms with Gasteiger partial charge in [-0.1, -0.05) is 12.7 Å². The average Bonchev–Trinajstić information content (AvgIpc) is 2.60. The van der Waals surface area contributed by atoms with Gasteiger partial charge in [-0.25, -0.2) is 0 Å². The number of piperidine rings is 1. The Kier molecular flexibility index (Phi) is 6.94. The van der Waals surface area contributed by atoms with Crippen LogP contribution in [-0.4, -0.2) is 39.3 Å². The molecule has 5 nitrogen and oxygen atoms in total. The van der Waals surface area contributed by atoms with E-state index in [1.165, 1.54) is 12.8 Å². The van der Waals surface area contributed by atoms with Crippen LogP contribution in [0.5, 0.6) is 11.5 Å². The molecule has 1 heterocycles. The van der Waals surface area contributed by atoms with Gasteiger partial charge in [0.2, 0.25) is 0 Å². The van der Waals surface area contributed by atoms with E-state index in [-0.39, 0.29) is 5.91 Å². The predicted octanol–water partition coefficient (Wildman–Crippen LogP) is 2.38. The second-order valence-electron chi connectivity index (χ2n) is 5.72. The van der Waals surface area contributed by atoms with E-state index < -0.39 is 0 Å². The molecule has 1 aromatic carbocycles. The molecule has 5 heteroatoms. The summed E-state index contributed by atoms with van der Waals surface area (Å²) in [6.45, 7) is 6.88. The summed E-state index contributed by atoms with van der Waals surface area (Å²) in [4.78, 5) is 12.2. The molecule has 2 rings (SSSR count). The molecular formula is C18H26N2O3. The standard InChI is InChI=1S/C18H26N2O3/c1-3-11-23-16-7-6-15(12-17(16)22-2)18(21)20-10-8-14-5-4-9-19-13-14/h3,6-7,12,14,19H,1,4-5,8-11,13H2,2H3,(H,20,21). The van der Waals surface area contributed by atoms with Gasteiger partial charge in [0.15, 0.2) is 11.5 Å². The van der Waals surface area contributed by atoms with Crippen LogP contribution in [0.15, 0.2) is 30.9 Å². The summed E-state index contributed by atoms with van der Waals surface area (Å²) in [6, 6.07) is 5.21. The van der Waals surface area contributed by atoms with Crippen LogP contribution in [0.2, 0.25) is 0 Å². The van der Waals surface area contributed by atoms with Crippen LogP contribution in [0, 0.1) is 5.92 Å². The number of carbonyl (C=O) groups is 1. The molecule has 2 N–H and O–H groups in total. The molecule has 0 radical (unpaired) electrons. The smallest absolute Gasteiger partial charge is 0.251 e. The third-order valence-electron chi connectivity index (χ3n) is 4.02. The lowest BCUT2D eigenvalue weighted by Crippen LogP contribution is -2.33. The Hall–Kier alpha value is -2.01. The van der Waals surface area contributed by atoms with E-state index in [1.54, 1.807) is 31.4 Å². The molecule has 23 heavy (non-hydrogen) atoms. The quantitative estimate of drug-likeness (QED) is 0.723. The summed E-state index contributed by atoms with van der Waals surface area (Å²) in [6.07, 6.45) is 5.14. The third-order valence-corrected chi connectivity index (χ3v) is 4.02. The van der Waals surface area contributed by atoms with Gasteiger partial charge in [0, 0.05) is 12.1 Å². The predicted molar refractivity (Wildman–Crippen MR) is 91.2 cm³/mol. The largest absolute Gasteiger partial charge is 0.493 e. The van der Waals surface area contributed by atoms with Gasteiger partial charge in [-0.15, -0.1) is 0 Å². The Labute approximate surface area is 138 Å². The van der Waals surface area contributed by atoms with Crippen molar-refractivity contribution in [3.05, 3.63) is 36.4 Å². The minimum atomic E-state index is -0.0812. The maximum Gasteiger partial charge on any atom is 0.251 e. The fraction of sp³-hybridized carbons (Fsp3) is 0.500. The third kappa shape index (κ3) is 5.28. The molecule has 0 aliphatic carbocycles. The SMILES string of the molecule is C=CCOc1ccc(C(=O)NCCC2CCCNC2)cc1OC.